The number of amides is 1. The minimum atomic E-state index is -0.420. The SMILES string of the molecule is Cc1ccc(F)cc1NC(=O)CSc1ccc(F)cc1N. The lowest BCUT2D eigenvalue weighted by Crippen LogP contribution is -2.15. The van der Waals surface area contributed by atoms with Gasteiger partial charge < -0.3 is 11.1 Å². The first-order valence-corrected chi connectivity index (χ1v) is 7.18. The molecule has 0 aliphatic rings. The summed E-state index contributed by atoms with van der Waals surface area (Å²) in [6.07, 6.45) is 0. The van der Waals surface area contributed by atoms with Crippen LogP contribution in [0.2, 0.25) is 0 Å². The lowest BCUT2D eigenvalue weighted by atomic mass is 10.2. The Bertz CT molecular complexity index is 677. The van der Waals surface area contributed by atoms with E-state index >= 15 is 0 Å². The average molecular weight is 308 g/mol. The van der Waals surface area contributed by atoms with E-state index in [1.807, 2.05) is 0 Å². The first-order valence-electron chi connectivity index (χ1n) is 6.19. The normalized spacial score (nSPS) is 10.4. The van der Waals surface area contributed by atoms with Crippen LogP contribution in [0.4, 0.5) is 20.2 Å². The van der Waals surface area contributed by atoms with Crippen LogP contribution in [0.25, 0.3) is 0 Å². The number of nitrogen functional groups attached to an aromatic ring is 1. The van der Waals surface area contributed by atoms with E-state index in [1.54, 1.807) is 13.0 Å². The fourth-order valence-corrected chi connectivity index (χ4v) is 2.46. The molecule has 0 heterocycles. The molecule has 0 saturated heterocycles. The van der Waals surface area contributed by atoms with Crippen LogP contribution >= 0.6 is 11.8 Å². The largest absolute Gasteiger partial charge is 0.398 e. The molecule has 0 saturated carbocycles. The van der Waals surface area contributed by atoms with Crippen molar-refractivity contribution in [1.82, 2.24) is 0 Å². The highest BCUT2D eigenvalue weighted by atomic mass is 32.2. The summed E-state index contributed by atoms with van der Waals surface area (Å²) in [6.45, 7) is 1.78. The predicted molar refractivity (Wildman–Crippen MR) is 81.3 cm³/mol. The Labute approximate surface area is 125 Å². The summed E-state index contributed by atoms with van der Waals surface area (Å²) in [4.78, 5) is 12.5. The van der Waals surface area contributed by atoms with E-state index in [0.29, 0.717) is 10.6 Å². The van der Waals surface area contributed by atoms with Crippen LogP contribution in [0, 0.1) is 18.6 Å². The molecule has 2 rings (SSSR count). The van der Waals surface area contributed by atoms with E-state index in [0.717, 1.165) is 5.56 Å². The minimum Gasteiger partial charge on any atom is -0.398 e. The first kappa shape index (κ1) is 15.3. The van der Waals surface area contributed by atoms with Crippen molar-refractivity contribution in [2.24, 2.45) is 0 Å². The number of hydrogen-bond acceptors (Lipinski definition) is 3. The van der Waals surface area contributed by atoms with Gasteiger partial charge in [0, 0.05) is 16.3 Å². The zero-order valence-corrected chi connectivity index (χ0v) is 12.1. The number of nitrogens with two attached hydrogens (primary N) is 1. The minimum absolute atomic E-state index is 0.103. The summed E-state index contributed by atoms with van der Waals surface area (Å²) in [5.74, 6) is -1.01. The average Bonchev–Trinajstić information content (AvgIpc) is 2.42. The highest BCUT2D eigenvalue weighted by Gasteiger charge is 2.08. The molecule has 0 spiro atoms. The maximum Gasteiger partial charge on any atom is 0.234 e. The zero-order valence-electron chi connectivity index (χ0n) is 11.3. The molecule has 0 aliphatic carbocycles. The van der Waals surface area contributed by atoms with Crippen LogP contribution in [-0.4, -0.2) is 11.7 Å². The molecule has 110 valence electrons. The van der Waals surface area contributed by atoms with Crippen molar-refractivity contribution in [2.45, 2.75) is 11.8 Å². The fraction of sp³-hybridized carbons (Fsp3) is 0.133. The van der Waals surface area contributed by atoms with Gasteiger partial charge >= 0.3 is 0 Å². The number of anilines is 2. The van der Waals surface area contributed by atoms with Crippen LogP contribution in [0.5, 0.6) is 0 Å². The number of benzene rings is 2. The van der Waals surface area contributed by atoms with Gasteiger partial charge in [-0.1, -0.05) is 6.07 Å². The van der Waals surface area contributed by atoms with Crippen molar-refractivity contribution in [1.29, 1.82) is 0 Å². The number of hydrogen-bond donors (Lipinski definition) is 2. The van der Waals surface area contributed by atoms with Gasteiger partial charge in [-0.15, -0.1) is 11.8 Å². The third-order valence-electron chi connectivity index (χ3n) is 2.80. The summed E-state index contributed by atoms with van der Waals surface area (Å²) in [7, 11) is 0. The highest BCUT2D eigenvalue weighted by molar-refractivity contribution is 8.00. The van der Waals surface area contributed by atoms with Gasteiger partial charge in [0.05, 0.1) is 5.75 Å². The molecule has 3 nitrogen and oxygen atoms in total. The summed E-state index contributed by atoms with van der Waals surface area (Å²) in [6, 6.07) is 8.21. The Kier molecular flexibility index (Phi) is 4.80. The van der Waals surface area contributed by atoms with Crippen molar-refractivity contribution in [2.75, 3.05) is 16.8 Å². The quantitative estimate of drug-likeness (QED) is 0.670. The van der Waals surface area contributed by atoms with Crippen LogP contribution in [0.1, 0.15) is 5.56 Å². The zero-order chi connectivity index (χ0) is 15.4. The maximum atomic E-state index is 13.1. The molecule has 21 heavy (non-hydrogen) atoms. The summed E-state index contributed by atoms with van der Waals surface area (Å²) in [5, 5.41) is 2.64. The van der Waals surface area contributed by atoms with E-state index in [9.17, 15) is 13.6 Å². The van der Waals surface area contributed by atoms with E-state index in [2.05, 4.69) is 5.32 Å². The van der Waals surface area contributed by atoms with Crippen LogP contribution in [0.15, 0.2) is 41.3 Å². The van der Waals surface area contributed by atoms with Gasteiger partial charge in [-0.05, 0) is 42.8 Å². The number of thioether (sulfide) groups is 1. The lowest BCUT2D eigenvalue weighted by Gasteiger charge is -2.09. The molecule has 6 heteroatoms. The van der Waals surface area contributed by atoms with Crippen LogP contribution in [-0.2, 0) is 4.79 Å². The summed E-state index contributed by atoms with van der Waals surface area (Å²) >= 11 is 1.20. The van der Waals surface area contributed by atoms with Gasteiger partial charge in [0.25, 0.3) is 0 Å². The summed E-state index contributed by atoms with van der Waals surface area (Å²) in [5.41, 5.74) is 7.16. The molecule has 2 aromatic carbocycles. The van der Waals surface area contributed by atoms with E-state index in [1.165, 1.54) is 42.1 Å². The van der Waals surface area contributed by atoms with Crippen LogP contribution < -0.4 is 11.1 Å². The van der Waals surface area contributed by atoms with E-state index < -0.39 is 11.6 Å². The molecular formula is C15H14F2N2OS. The molecule has 0 unspecified atom stereocenters. The Morgan fingerprint density at radius 1 is 1.19 bits per heavy atom. The smallest absolute Gasteiger partial charge is 0.234 e. The second-order valence-electron chi connectivity index (χ2n) is 4.48. The second-order valence-corrected chi connectivity index (χ2v) is 5.50. The van der Waals surface area contributed by atoms with E-state index in [4.69, 9.17) is 5.73 Å². The lowest BCUT2D eigenvalue weighted by molar-refractivity contribution is -0.113. The van der Waals surface area contributed by atoms with Crippen molar-refractivity contribution in [3.8, 4) is 0 Å². The van der Waals surface area contributed by atoms with Crippen molar-refractivity contribution in [3.05, 3.63) is 53.6 Å². The Morgan fingerprint density at radius 2 is 1.86 bits per heavy atom. The number of carbonyl (C=O) groups excluding carboxylic acids is 1. The second kappa shape index (κ2) is 6.58. The van der Waals surface area contributed by atoms with Gasteiger partial charge in [0.1, 0.15) is 11.6 Å². The number of halogens is 2. The molecule has 0 aliphatic heterocycles. The van der Waals surface area contributed by atoms with Crippen molar-refractivity contribution >= 4 is 29.0 Å². The topological polar surface area (TPSA) is 55.1 Å². The van der Waals surface area contributed by atoms with Gasteiger partial charge in [-0.25, -0.2) is 8.78 Å². The van der Waals surface area contributed by atoms with Gasteiger partial charge in [-0.3, -0.25) is 4.79 Å². The van der Waals surface area contributed by atoms with Crippen molar-refractivity contribution < 1.29 is 13.6 Å². The summed E-state index contributed by atoms with van der Waals surface area (Å²) < 4.78 is 26.0. The van der Waals surface area contributed by atoms with E-state index in [-0.39, 0.29) is 17.3 Å². The Morgan fingerprint density at radius 3 is 2.57 bits per heavy atom. The number of aryl methyl sites for hydroxylation is 1. The monoisotopic (exact) mass is 308 g/mol. The maximum absolute atomic E-state index is 13.1. The highest BCUT2D eigenvalue weighted by Crippen LogP contribution is 2.26. The molecule has 0 aromatic heterocycles. The molecule has 3 N–H and O–H groups in total. The molecule has 0 fully saturated rings. The molecule has 0 atom stereocenters. The predicted octanol–water partition coefficient (Wildman–Crippen LogP) is 3.59. The van der Waals surface area contributed by atoms with Crippen molar-refractivity contribution in [3.63, 3.8) is 0 Å². The standard InChI is InChI=1S/C15H14F2N2OS/c1-9-2-3-11(17)7-13(9)19-15(20)8-21-14-5-4-10(16)6-12(14)18/h2-7H,8,18H2,1H3,(H,19,20). The molecule has 1 amide bonds. The van der Waals surface area contributed by atoms with Gasteiger partial charge in [0.15, 0.2) is 0 Å². The fourth-order valence-electron chi connectivity index (χ4n) is 1.71. The molecular weight excluding hydrogens is 294 g/mol. The number of nitrogens with one attached hydrogen (secondary N) is 1. The first-order chi connectivity index (χ1) is 9.95. The molecule has 2 aromatic rings. The molecule has 0 bridgehead atoms. The Hall–Kier alpha value is -2.08. The van der Waals surface area contributed by atoms with Gasteiger partial charge in [-0.2, -0.15) is 0 Å². The van der Waals surface area contributed by atoms with Gasteiger partial charge in [0.2, 0.25) is 5.91 Å². The third kappa shape index (κ3) is 4.19. The van der Waals surface area contributed by atoms with Crippen LogP contribution in [0.3, 0.4) is 0 Å². The molecule has 0 radical (unpaired) electrons. The Balaban J connectivity index is 1.97. The number of carbonyl (C=O) groups is 1. The number of rotatable bonds is 4. The third-order valence-corrected chi connectivity index (χ3v) is 3.89.